The maximum atomic E-state index is 2.46. The normalized spacial score (nSPS) is 20.4. The van der Waals surface area contributed by atoms with Gasteiger partial charge in [0.05, 0.1) is 0 Å². The Morgan fingerprint density at radius 2 is 2.00 bits per heavy atom. The van der Waals surface area contributed by atoms with Crippen molar-refractivity contribution < 1.29 is 0 Å². The van der Waals surface area contributed by atoms with E-state index in [1.54, 1.807) is 5.57 Å². The van der Waals surface area contributed by atoms with Crippen LogP contribution in [0.4, 0.5) is 5.69 Å². The lowest BCUT2D eigenvalue weighted by molar-refractivity contribution is 0.767. The van der Waals surface area contributed by atoms with Gasteiger partial charge in [-0.2, -0.15) is 0 Å². The Hall–Kier alpha value is -1.24. The van der Waals surface area contributed by atoms with Crippen LogP contribution in [-0.2, 0) is 6.42 Å². The zero-order chi connectivity index (χ0) is 12.1. The molecule has 0 aliphatic carbocycles. The van der Waals surface area contributed by atoms with Gasteiger partial charge in [-0.1, -0.05) is 36.8 Å². The highest BCUT2D eigenvalue weighted by atomic mass is 15.1. The third kappa shape index (κ3) is 3.12. The van der Waals surface area contributed by atoms with Crippen molar-refractivity contribution in [3.63, 3.8) is 0 Å². The lowest BCUT2D eigenvalue weighted by Gasteiger charge is -2.23. The molecular formula is C16H23N. The van der Waals surface area contributed by atoms with Gasteiger partial charge < -0.3 is 4.90 Å². The Morgan fingerprint density at radius 1 is 1.18 bits per heavy atom. The molecule has 0 unspecified atom stereocenters. The summed E-state index contributed by atoms with van der Waals surface area (Å²) in [5.74, 6) is 0. The van der Waals surface area contributed by atoms with Gasteiger partial charge in [-0.05, 0) is 43.7 Å². The minimum atomic E-state index is 1.16. The zero-order valence-corrected chi connectivity index (χ0v) is 11.1. The Labute approximate surface area is 105 Å². The molecule has 0 bridgehead atoms. The fraction of sp³-hybridized carbons (Fsp3) is 0.500. The van der Waals surface area contributed by atoms with Crippen molar-refractivity contribution in [2.45, 2.75) is 39.0 Å². The Bertz CT molecular complexity index is 392. The van der Waals surface area contributed by atoms with Crippen molar-refractivity contribution in [2.24, 2.45) is 0 Å². The van der Waals surface area contributed by atoms with Crippen LogP contribution in [-0.4, -0.2) is 13.6 Å². The van der Waals surface area contributed by atoms with E-state index in [-0.39, 0.29) is 0 Å². The molecule has 1 aliphatic heterocycles. The van der Waals surface area contributed by atoms with E-state index in [4.69, 9.17) is 0 Å². The Balaban J connectivity index is 2.23. The molecule has 0 atom stereocenters. The van der Waals surface area contributed by atoms with Gasteiger partial charge in [0.25, 0.3) is 0 Å². The number of fused-ring (bicyclic) bond motifs is 1. The summed E-state index contributed by atoms with van der Waals surface area (Å²) >= 11 is 0. The van der Waals surface area contributed by atoms with Gasteiger partial charge in [-0.15, -0.1) is 0 Å². The fourth-order valence-corrected chi connectivity index (χ4v) is 2.57. The van der Waals surface area contributed by atoms with E-state index >= 15 is 0 Å². The monoisotopic (exact) mass is 229 g/mol. The number of aryl methyl sites for hydroxylation is 1. The minimum absolute atomic E-state index is 1.16. The van der Waals surface area contributed by atoms with Crippen LogP contribution in [0.25, 0.3) is 0 Å². The molecule has 1 aromatic carbocycles. The largest absolute Gasteiger partial charge is 0.374 e. The molecule has 1 nitrogen and oxygen atoms in total. The molecule has 1 aliphatic rings. The summed E-state index contributed by atoms with van der Waals surface area (Å²) in [7, 11) is 2.21. The summed E-state index contributed by atoms with van der Waals surface area (Å²) in [5, 5.41) is 0. The van der Waals surface area contributed by atoms with Crippen molar-refractivity contribution in [3.05, 3.63) is 41.5 Å². The molecule has 1 heteroatoms. The summed E-state index contributed by atoms with van der Waals surface area (Å²) in [4.78, 5) is 2.40. The molecule has 0 spiro atoms. The van der Waals surface area contributed by atoms with E-state index in [2.05, 4.69) is 49.2 Å². The van der Waals surface area contributed by atoms with Crippen LogP contribution in [0, 0.1) is 0 Å². The van der Waals surface area contributed by atoms with Crippen LogP contribution in [0.1, 0.15) is 38.2 Å². The summed E-state index contributed by atoms with van der Waals surface area (Å²) in [6.07, 6.45) is 8.56. The molecule has 0 radical (unpaired) electrons. The molecule has 0 amide bonds. The second kappa shape index (κ2) is 5.90. The van der Waals surface area contributed by atoms with Gasteiger partial charge in [-0.3, -0.25) is 0 Å². The number of anilines is 1. The standard InChI is InChI=1S/C16H23N/c1-3-14-8-6-7-13-17(2)16-10-5-4-9-15(16)12-11-14/h4-5,8-10H,3,6-7,11-13H2,1-2H3/b14-8-. The number of hydrogen-bond donors (Lipinski definition) is 0. The van der Waals surface area contributed by atoms with Crippen molar-refractivity contribution in [1.29, 1.82) is 0 Å². The molecule has 2 rings (SSSR count). The lowest BCUT2D eigenvalue weighted by atomic mass is 9.99. The van der Waals surface area contributed by atoms with Crippen molar-refractivity contribution in [2.75, 3.05) is 18.5 Å². The lowest BCUT2D eigenvalue weighted by Crippen LogP contribution is -2.20. The zero-order valence-electron chi connectivity index (χ0n) is 11.1. The van der Waals surface area contributed by atoms with Crippen LogP contribution in [0.3, 0.4) is 0 Å². The SMILES string of the molecule is CC/C1=C/CCCN(C)c2ccccc2CC1. The predicted molar refractivity (Wildman–Crippen MR) is 75.6 cm³/mol. The third-order valence-corrected chi connectivity index (χ3v) is 3.70. The summed E-state index contributed by atoms with van der Waals surface area (Å²) in [5.41, 5.74) is 4.55. The number of rotatable bonds is 1. The first-order chi connectivity index (χ1) is 8.31. The second-order valence-corrected chi connectivity index (χ2v) is 4.91. The van der Waals surface area contributed by atoms with Crippen LogP contribution in [0.2, 0.25) is 0 Å². The number of para-hydroxylation sites is 1. The average molecular weight is 229 g/mol. The van der Waals surface area contributed by atoms with E-state index < -0.39 is 0 Å². The van der Waals surface area contributed by atoms with Crippen LogP contribution in [0.5, 0.6) is 0 Å². The highest BCUT2D eigenvalue weighted by molar-refractivity contribution is 5.53. The van der Waals surface area contributed by atoms with Gasteiger partial charge in [0.2, 0.25) is 0 Å². The molecule has 0 fully saturated rings. The summed E-state index contributed by atoms with van der Waals surface area (Å²) in [6.45, 7) is 3.43. The third-order valence-electron chi connectivity index (χ3n) is 3.70. The van der Waals surface area contributed by atoms with Crippen LogP contribution >= 0.6 is 0 Å². The predicted octanol–water partition coefficient (Wildman–Crippen LogP) is 4.19. The number of nitrogens with zero attached hydrogens (tertiary/aromatic N) is 1. The average Bonchev–Trinajstić information content (AvgIpc) is 2.38. The first-order valence-corrected chi connectivity index (χ1v) is 6.78. The van der Waals surface area contributed by atoms with E-state index in [1.165, 1.54) is 43.4 Å². The Morgan fingerprint density at radius 3 is 2.82 bits per heavy atom. The van der Waals surface area contributed by atoms with Crippen LogP contribution in [0.15, 0.2) is 35.9 Å². The highest BCUT2D eigenvalue weighted by Gasteiger charge is 2.08. The second-order valence-electron chi connectivity index (χ2n) is 4.91. The van der Waals surface area contributed by atoms with E-state index in [0.29, 0.717) is 0 Å². The molecular weight excluding hydrogens is 206 g/mol. The molecule has 92 valence electrons. The van der Waals surface area contributed by atoms with E-state index in [0.717, 1.165) is 6.54 Å². The van der Waals surface area contributed by atoms with Gasteiger partial charge in [0.15, 0.2) is 0 Å². The van der Waals surface area contributed by atoms with Crippen molar-refractivity contribution >= 4 is 5.69 Å². The highest BCUT2D eigenvalue weighted by Crippen LogP contribution is 2.24. The topological polar surface area (TPSA) is 3.24 Å². The molecule has 0 saturated carbocycles. The molecule has 1 aromatic rings. The number of hydrogen-bond acceptors (Lipinski definition) is 1. The van der Waals surface area contributed by atoms with Gasteiger partial charge in [-0.25, -0.2) is 0 Å². The molecule has 0 N–H and O–H groups in total. The van der Waals surface area contributed by atoms with Gasteiger partial charge >= 0.3 is 0 Å². The van der Waals surface area contributed by atoms with Crippen molar-refractivity contribution in [3.8, 4) is 0 Å². The molecule has 1 heterocycles. The minimum Gasteiger partial charge on any atom is -0.374 e. The van der Waals surface area contributed by atoms with Gasteiger partial charge in [0, 0.05) is 19.3 Å². The van der Waals surface area contributed by atoms with Crippen LogP contribution < -0.4 is 4.90 Å². The maximum absolute atomic E-state index is 2.46. The van der Waals surface area contributed by atoms with Gasteiger partial charge in [0.1, 0.15) is 0 Å². The Kier molecular flexibility index (Phi) is 4.24. The quantitative estimate of drug-likeness (QED) is 0.653. The van der Waals surface area contributed by atoms with E-state index in [1.807, 2.05) is 0 Å². The smallest absolute Gasteiger partial charge is 0.0396 e. The first-order valence-electron chi connectivity index (χ1n) is 6.78. The first kappa shape index (κ1) is 12.2. The number of benzene rings is 1. The summed E-state index contributed by atoms with van der Waals surface area (Å²) in [6, 6.07) is 8.85. The molecule has 17 heavy (non-hydrogen) atoms. The molecule has 0 saturated heterocycles. The molecule has 0 aromatic heterocycles. The number of allylic oxidation sites excluding steroid dienone is 2. The fourth-order valence-electron chi connectivity index (χ4n) is 2.57. The van der Waals surface area contributed by atoms with E-state index in [9.17, 15) is 0 Å². The maximum Gasteiger partial charge on any atom is 0.0396 e. The summed E-state index contributed by atoms with van der Waals surface area (Å²) < 4.78 is 0. The van der Waals surface area contributed by atoms with Crippen molar-refractivity contribution in [1.82, 2.24) is 0 Å².